The molecule has 0 saturated heterocycles. The molecule has 29 heavy (non-hydrogen) atoms. The zero-order valence-electron chi connectivity index (χ0n) is 17.9. The molecule has 5 atom stereocenters. The normalized spacial score (nSPS) is 28.1. The van der Waals surface area contributed by atoms with Crippen LogP contribution >= 0.6 is 0 Å². The molecule has 0 aromatic heterocycles. The second kappa shape index (κ2) is 11.6. The fraction of sp³-hybridized carbons (Fsp3) is 0.600. The van der Waals surface area contributed by atoms with Gasteiger partial charge in [-0.3, -0.25) is 0 Å². The van der Waals surface area contributed by atoms with Crippen LogP contribution in [-0.4, -0.2) is 39.9 Å². The minimum absolute atomic E-state index is 0.0449. The van der Waals surface area contributed by atoms with Crippen molar-refractivity contribution in [3.8, 4) is 0 Å². The number of hydrogen-bond donors (Lipinski definition) is 3. The second-order valence-electron chi connectivity index (χ2n) is 8.72. The van der Waals surface area contributed by atoms with E-state index < -0.39 is 6.10 Å². The van der Waals surface area contributed by atoms with Crippen LogP contribution in [0.3, 0.4) is 0 Å². The molecular formula is C25H37INO2-. The van der Waals surface area contributed by atoms with Gasteiger partial charge in [0.25, 0.3) is 0 Å². The third-order valence-corrected chi connectivity index (χ3v) is 9.85. The summed E-state index contributed by atoms with van der Waals surface area (Å²) < 4.78 is 3.27. The number of allylic oxidation sites excluding steroid dienone is 1. The van der Waals surface area contributed by atoms with E-state index in [-0.39, 0.29) is 33.2 Å². The van der Waals surface area contributed by atoms with E-state index in [9.17, 15) is 10.2 Å². The molecule has 0 spiro atoms. The SMILES string of the molecule is CNCCCCCC1=C[I-]C2CC(O)[C@H](/C=C/[C@H](O)Cc3cccc(C)c3)C2C1. The van der Waals surface area contributed by atoms with E-state index in [2.05, 4.69) is 40.6 Å². The minimum atomic E-state index is -0.483. The first-order valence-corrected chi connectivity index (χ1v) is 13.6. The van der Waals surface area contributed by atoms with Crippen LogP contribution in [0.2, 0.25) is 0 Å². The molecular weight excluding hydrogens is 473 g/mol. The Morgan fingerprint density at radius 1 is 1.28 bits per heavy atom. The average Bonchev–Trinajstić information content (AvgIpc) is 3.00. The van der Waals surface area contributed by atoms with Crippen LogP contribution in [0.15, 0.2) is 46.1 Å². The Morgan fingerprint density at radius 3 is 2.93 bits per heavy atom. The van der Waals surface area contributed by atoms with Gasteiger partial charge >= 0.3 is 187 Å². The van der Waals surface area contributed by atoms with Gasteiger partial charge in [0.05, 0.1) is 0 Å². The summed E-state index contributed by atoms with van der Waals surface area (Å²) in [5, 5.41) is 24.4. The molecule has 4 heteroatoms. The van der Waals surface area contributed by atoms with E-state index in [0.29, 0.717) is 16.3 Å². The summed E-state index contributed by atoms with van der Waals surface area (Å²) in [6, 6.07) is 8.34. The van der Waals surface area contributed by atoms with Crippen LogP contribution in [0.1, 0.15) is 49.7 Å². The van der Waals surface area contributed by atoms with Gasteiger partial charge in [0.1, 0.15) is 0 Å². The number of aliphatic hydroxyl groups excluding tert-OH is 2. The number of unbranched alkanes of at least 4 members (excludes halogenated alkanes) is 2. The van der Waals surface area contributed by atoms with Crippen LogP contribution < -0.4 is 26.5 Å². The Hall–Kier alpha value is -0.690. The second-order valence-corrected chi connectivity index (χ2v) is 11.7. The van der Waals surface area contributed by atoms with Crippen molar-refractivity contribution in [1.29, 1.82) is 0 Å². The van der Waals surface area contributed by atoms with Crippen molar-refractivity contribution in [2.24, 2.45) is 11.8 Å². The maximum absolute atomic E-state index is 10.7. The molecule has 1 fully saturated rings. The number of rotatable bonds is 10. The van der Waals surface area contributed by atoms with Crippen LogP contribution in [0.5, 0.6) is 0 Å². The molecule has 2 aliphatic rings. The number of fused-ring (bicyclic) bond motifs is 1. The van der Waals surface area contributed by atoms with Gasteiger partial charge in [0.15, 0.2) is 0 Å². The van der Waals surface area contributed by atoms with Crippen molar-refractivity contribution in [2.45, 2.75) is 68.0 Å². The van der Waals surface area contributed by atoms with Crippen LogP contribution in [0.4, 0.5) is 0 Å². The number of nitrogens with one attached hydrogen (secondary N) is 1. The first kappa shape index (κ1) is 23.0. The maximum atomic E-state index is 10.7. The predicted molar refractivity (Wildman–Crippen MR) is 117 cm³/mol. The Labute approximate surface area is 186 Å². The van der Waals surface area contributed by atoms with Crippen molar-refractivity contribution < 1.29 is 31.4 Å². The van der Waals surface area contributed by atoms with Gasteiger partial charge in [0, 0.05) is 0 Å². The molecule has 0 radical (unpaired) electrons. The van der Waals surface area contributed by atoms with Crippen molar-refractivity contribution >= 4 is 0 Å². The molecule has 1 saturated carbocycles. The van der Waals surface area contributed by atoms with Crippen molar-refractivity contribution in [3.63, 3.8) is 0 Å². The van der Waals surface area contributed by atoms with Gasteiger partial charge < -0.3 is 0 Å². The van der Waals surface area contributed by atoms with E-state index in [1.165, 1.54) is 36.8 Å². The van der Waals surface area contributed by atoms with Gasteiger partial charge in [-0.25, -0.2) is 0 Å². The number of aryl methyl sites for hydroxylation is 1. The number of halogens is 1. The molecule has 162 valence electrons. The third kappa shape index (κ3) is 6.91. The monoisotopic (exact) mass is 510 g/mol. The summed E-state index contributed by atoms with van der Waals surface area (Å²) in [6.07, 6.45) is 11.2. The number of aliphatic hydroxyl groups is 2. The van der Waals surface area contributed by atoms with E-state index in [4.69, 9.17) is 0 Å². The first-order chi connectivity index (χ1) is 14.1. The summed E-state index contributed by atoms with van der Waals surface area (Å²) >= 11 is 0.0449. The van der Waals surface area contributed by atoms with E-state index in [1.54, 1.807) is 5.57 Å². The summed E-state index contributed by atoms with van der Waals surface area (Å²) in [5.41, 5.74) is 4.03. The zero-order valence-corrected chi connectivity index (χ0v) is 20.0. The zero-order chi connectivity index (χ0) is 20.6. The summed E-state index contributed by atoms with van der Waals surface area (Å²) in [4.78, 5) is 0. The Kier molecular flexibility index (Phi) is 9.22. The van der Waals surface area contributed by atoms with Crippen molar-refractivity contribution in [2.75, 3.05) is 13.6 Å². The molecule has 1 aliphatic carbocycles. The molecule has 0 amide bonds. The van der Waals surface area contributed by atoms with Gasteiger partial charge in [-0.1, -0.05) is 0 Å². The fourth-order valence-electron chi connectivity index (χ4n) is 4.68. The number of alkyl halides is 1. The van der Waals surface area contributed by atoms with Crippen molar-refractivity contribution in [3.05, 3.63) is 57.2 Å². The quantitative estimate of drug-likeness (QED) is 0.191. The topological polar surface area (TPSA) is 52.5 Å². The van der Waals surface area contributed by atoms with Crippen LogP contribution in [0.25, 0.3) is 0 Å². The predicted octanol–water partition coefficient (Wildman–Crippen LogP) is 0.977. The van der Waals surface area contributed by atoms with Crippen LogP contribution in [-0.2, 0) is 6.42 Å². The molecule has 1 aromatic rings. The molecule has 3 unspecified atom stereocenters. The average molecular weight is 510 g/mol. The number of benzene rings is 1. The standard InChI is InChI=1S/C25H37INO2/c1-18-7-6-9-19(13-18)14-21(28)10-11-22-23-15-20(8-4-3-5-12-27-2)17-26-24(23)16-25(22)29/h6-7,9-11,13,17,21-25,27-29H,3-5,8,12,14-16H2,1-2H3/q-1/b11-10+/t21-,22+,23?,24?,25?/m0/s1. The van der Waals surface area contributed by atoms with Gasteiger partial charge in [-0.15, -0.1) is 0 Å². The molecule has 0 bridgehead atoms. The molecule has 1 aliphatic heterocycles. The summed E-state index contributed by atoms with van der Waals surface area (Å²) in [7, 11) is 2.02. The first-order valence-electron chi connectivity index (χ1n) is 11.1. The Balaban J connectivity index is 1.52. The fourth-order valence-corrected chi connectivity index (χ4v) is 8.30. The molecule has 1 aromatic carbocycles. The van der Waals surface area contributed by atoms with Crippen LogP contribution in [0, 0.1) is 18.8 Å². The van der Waals surface area contributed by atoms with E-state index >= 15 is 0 Å². The summed E-state index contributed by atoms with van der Waals surface area (Å²) in [5.74, 6) is 0.789. The molecule has 3 rings (SSSR count). The molecule has 3 N–H and O–H groups in total. The van der Waals surface area contributed by atoms with Gasteiger partial charge in [-0.2, -0.15) is 0 Å². The summed E-state index contributed by atoms with van der Waals surface area (Å²) in [6.45, 7) is 3.19. The Bertz CT molecular complexity index is 702. The van der Waals surface area contributed by atoms with E-state index in [0.717, 1.165) is 19.4 Å². The third-order valence-electron chi connectivity index (χ3n) is 6.25. The Morgan fingerprint density at radius 2 is 2.14 bits per heavy atom. The van der Waals surface area contributed by atoms with Gasteiger partial charge in [-0.05, 0) is 0 Å². The van der Waals surface area contributed by atoms with Crippen molar-refractivity contribution in [1.82, 2.24) is 5.32 Å². The molecule has 1 heterocycles. The van der Waals surface area contributed by atoms with E-state index in [1.807, 2.05) is 19.2 Å². The van der Waals surface area contributed by atoms with Gasteiger partial charge in [0.2, 0.25) is 0 Å². The molecule has 3 nitrogen and oxygen atoms in total. The number of hydrogen-bond acceptors (Lipinski definition) is 3.